The van der Waals surface area contributed by atoms with E-state index in [0.717, 1.165) is 55.1 Å². The number of hydrogen-bond acceptors (Lipinski definition) is 4. The van der Waals surface area contributed by atoms with Gasteiger partial charge in [0.25, 0.3) is 5.91 Å². The van der Waals surface area contributed by atoms with Gasteiger partial charge in [-0.2, -0.15) is 10.2 Å². The van der Waals surface area contributed by atoms with Crippen molar-refractivity contribution < 1.29 is 4.79 Å². The Hall–Kier alpha value is -2.93. The molecule has 4 rings (SSSR count). The van der Waals surface area contributed by atoms with Gasteiger partial charge in [0.1, 0.15) is 5.69 Å². The van der Waals surface area contributed by atoms with Crippen LogP contribution in [0, 0.1) is 20.8 Å². The third-order valence-corrected chi connectivity index (χ3v) is 6.00. The Bertz CT molecular complexity index is 1040. The lowest BCUT2D eigenvalue weighted by Gasteiger charge is -2.32. The molecule has 158 valence electrons. The summed E-state index contributed by atoms with van der Waals surface area (Å²) in [4.78, 5) is 15.2. The van der Waals surface area contributed by atoms with Crippen LogP contribution in [0.15, 0.2) is 30.3 Å². The van der Waals surface area contributed by atoms with Crippen molar-refractivity contribution >= 4 is 5.91 Å². The molecule has 0 radical (unpaired) electrons. The fourth-order valence-corrected chi connectivity index (χ4v) is 4.28. The summed E-state index contributed by atoms with van der Waals surface area (Å²) in [5.41, 5.74) is 6.83. The van der Waals surface area contributed by atoms with E-state index in [9.17, 15) is 4.79 Å². The summed E-state index contributed by atoms with van der Waals surface area (Å²) < 4.78 is 1.84. The molecular weight excluding hydrogens is 376 g/mol. The van der Waals surface area contributed by atoms with E-state index in [1.165, 1.54) is 11.1 Å². The molecule has 1 aliphatic heterocycles. The van der Waals surface area contributed by atoms with E-state index in [1.807, 2.05) is 31.6 Å². The van der Waals surface area contributed by atoms with Crippen LogP contribution >= 0.6 is 0 Å². The first-order valence-corrected chi connectivity index (χ1v) is 10.6. The van der Waals surface area contributed by atoms with Crippen LogP contribution in [0.3, 0.4) is 0 Å². The second-order valence-corrected chi connectivity index (χ2v) is 8.35. The SMILES string of the molecule is Cc1cccc(CN2CCC(NC(=O)c3cc(-c4c(C)nn(C)c4C)n[nH]3)CC2)c1. The summed E-state index contributed by atoms with van der Waals surface area (Å²) in [5, 5.41) is 14.9. The monoisotopic (exact) mass is 406 g/mol. The van der Waals surface area contributed by atoms with Crippen LogP contribution in [0.5, 0.6) is 0 Å². The Morgan fingerprint density at radius 2 is 1.97 bits per heavy atom. The normalized spacial score (nSPS) is 15.5. The van der Waals surface area contributed by atoms with Crippen LogP contribution in [0.4, 0.5) is 0 Å². The van der Waals surface area contributed by atoms with E-state index in [-0.39, 0.29) is 11.9 Å². The summed E-state index contributed by atoms with van der Waals surface area (Å²) in [7, 11) is 1.91. The number of amides is 1. The van der Waals surface area contributed by atoms with Crippen LogP contribution < -0.4 is 5.32 Å². The summed E-state index contributed by atoms with van der Waals surface area (Å²) in [5.74, 6) is -0.0925. The van der Waals surface area contributed by atoms with Gasteiger partial charge in [-0.3, -0.25) is 19.5 Å². The first-order chi connectivity index (χ1) is 14.4. The van der Waals surface area contributed by atoms with Gasteiger partial charge < -0.3 is 5.32 Å². The van der Waals surface area contributed by atoms with Crippen molar-refractivity contribution in [2.45, 2.75) is 46.2 Å². The molecule has 2 N–H and O–H groups in total. The molecule has 1 aromatic carbocycles. The number of H-pyrrole nitrogens is 1. The molecule has 2 aromatic heterocycles. The van der Waals surface area contributed by atoms with Crippen molar-refractivity contribution in [3.63, 3.8) is 0 Å². The largest absolute Gasteiger partial charge is 0.348 e. The molecule has 3 aromatic rings. The fraction of sp³-hybridized carbons (Fsp3) is 0.435. The van der Waals surface area contributed by atoms with E-state index in [2.05, 4.69) is 56.7 Å². The molecule has 0 atom stereocenters. The number of carbonyl (C=O) groups excluding carboxylic acids is 1. The van der Waals surface area contributed by atoms with Gasteiger partial charge in [0.2, 0.25) is 0 Å². The number of likely N-dealkylation sites (tertiary alicyclic amines) is 1. The van der Waals surface area contributed by atoms with Gasteiger partial charge in [-0.1, -0.05) is 29.8 Å². The second kappa shape index (κ2) is 8.44. The molecule has 0 spiro atoms. The van der Waals surface area contributed by atoms with Gasteiger partial charge in [0.05, 0.1) is 11.4 Å². The molecule has 7 nitrogen and oxygen atoms in total. The maximum atomic E-state index is 12.7. The van der Waals surface area contributed by atoms with Crippen molar-refractivity contribution in [2.75, 3.05) is 13.1 Å². The Labute approximate surface area is 177 Å². The predicted molar refractivity (Wildman–Crippen MR) is 117 cm³/mol. The van der Waals surface area contributed by atoms with E-state index in [1.54, 1.807) is 0 Å². The maximum Gasteiger partial charge on any atom is 0.269 e. The number of carbonyl (C=O) groups is 1. The van der Waals surface area contributed by atoms with Gasteiger partial charge in [-0.15, -0.1) is 0 Å². The minimum atomic E-state index is -0.0925. The number of nitrogens with zero attached hydrogens (tertiary/aromatic N) is 4. The fourth-order valence-electron chi connectivity index (χ4n) is 4.28. The average molecular weight is 407 g/mol. The minimum Gasteiger partial charge on any atom is -0.348 e. The van der Waals surface area contributed by atoms with Crippen LogP contribution in [-0.2, 0) is 13.6 Å². The number of rotatable bonds is 5. The highest BCUT2D eigenvalue weighted by Gasteiger charge is 2.23. The zero-order valence-electron chi connectivity index (χ0n) is 18.2. The average Bonchev–Trinajstić information content (AvgIpc) is 3.28. The molecule has 1 amide bonds. The Kier molecular flexibility index (Phi) is 5.72. The Balaban J connectivity index is 1.33. The lowest BCUT2D eigenvalue weighted by atomic mass is 10.0. The van der Waals surface area contributed by atoms with Crippen molar-refractivity contribution in [1.29, 1.82) is 0 Å². The van der Waals surface area contributed by atoms with E-state index in [0.29, 0.717) is 5.69 Å². The van der Waals surface area contributed by atoms with Crippen LogP contribution in [0.25, 0.3) is 11.3 Å². The standard InChI is InChI=1S/C23H30N6O/c1-15-6-5-7-18(12-15)14-29-10-8-19(9-11-29)24-23(30)21-13-20(25-26-21)22-16(2)27-28(4)17(22)3/h5-7,12-13,19H,8-11,14H2,1-4H3,(H,24,30)(H,25,26). The van der Waals surface area contributed by atoms with E-state index >= 15 is 0 Å². The maximum absolute atomic E-state index is 12.7. The lowest BCUT2D eigenvalue weighted by Crippen LogP contribution is -2.44. The number of benzene rings is 1. The van der Waals surface area contributed by atoms with E-state index < -0.39 is 0 Å². The highest BCUT2D eigenvalue weighted by Crippen LogP contribution is 2.25. The van der Waals surface area contributed by atoms with Crippen molar-refractivity contribution in [3.8, 4) is 11.3 Å². The topological polar surface area (TPSA) is 78.8 Å². The number of aromatic nitrogens is 4. The molecule has 0 aliphatic carbocycles. The minimum absolute atomic E-state index is 0.0925. The number of piperidine rings is 1. The second-order valence-electron chi connectivity index (χ2n) is 8.35. The molecule has 3 heterocycles. The molecule has 0 unspecified atom stereocenters. The van der Waals surface area contributed by atoms with Gasteiger partial charge in [0.15, 0.2) is 0 Å². The molecule has 1 saturated heterocycles. The number of aryl methyl sites for hydroxylation is 3. The summed E-state index contributed by atoms with van der Waals surface area (Å²) in [6.45, 7) is 9.04. The molecule has 1 aliphatic rings. The van der Waals surface area contributed by atoms with Crippen LogP contribution in [0.1, 0.15) is 45.8 Å². The summed E-state index contributed by atoms with van der Waals surface area (Å²) >= 11 is 0. The third kappa shape index (κ3) is 4.31. The Morgan fingerprint density at radius 3 is 2.63 bits per heavy atom. The summed E-state index contributed by atoms with van der Waals surface area (Å²) in [6, 6.07) is 10.7. The van der Waals surface area contributed by atoms with Crippen LogP contribution in [-0.4, -0.2) is 49.9 Å². The van der Waals surface area contributed by atoms with Gasteiger partial charge >= 0.3 is 0 Å². The van der Waals surface area contributed by atoms with Gasteiger partial charge in [-0.25, -0.2) is 0 Å². The van der Waals surface area contributed by atoms with Crippen molar-refractivity contribution in [1.82, 2.24) is 30.2 Å². The molecular formula is C23H30N6O. The third-order valence-electron chi connectivity index (χ3n) is 6.00. The zero-order valence-corrected chi connectivity index (χ0v) is 18.2. The first-order valence-electron chi connectivity index (χ1n) is 10.6. The number of hydrogen-bond donors (Lipinski definition) is 2. The van der Waals surface area contributed by atoms with Gasteiger partial charge in [-0.05, 0) is 45.2 Å². The van der Waals surface area contributed by atoms with Crippen LogP contribution in [0.2, 0.25) is 0 Å². The molecule has 1 fully saturated rings. The number of aromatic amines is 1. The summed E-state index contributed by atoms with van der Waals surface area (Å²) in [6.07, 6.45) is 1.92. The predicted octanol–water partition coefficient (Wildman–Crippen LogP) is 3.13. The highest BCUT2D eigenvalue weighted by molar-refractivity contribution is 5.93. The Morgan fingerprint density at radius 1 is 1.20 bits per heavy atom. The van der Waals surface area contributed by atoms with Crippen molar-refractivity contribution in [2.24, 2.45) is 7.05 Å². The van der Waals surface area contributed by atoms with Gasteiger partial charge in [0, 0.05) is 44.0 Å². The van der Waals surface area contributed by atoms with E-state index in [4.69, 9.17) is 0 Å². The molecule has 7 heteroatoms. The number of nitrogens with one attached hydrogen (secondary N) is 2. The highest BCUT2D eigenvalue weighted by atomic mass is 16.2. The lowest BCUT2D eigenvalue weighted by molar-refractivity contribution is 0.0904. The molecule has 30 heavy (non-hydrogen) atoms. The quantitative estimate of drug-likeness (QED) is 0.682. The molecule has 0 bridgehead atoms. The molecule has 0 saturated carbocycles. The smallest absolute Gasteiger partial charge is 0.269 e. The zero-order chi connectivity index (χ0) is 21.3. The van der Waals surface area contributed by atoms with Crippen molar-refractivity contribution in [3.05, 3.63) is 58.5 Å². The first kappa shape index (κ1) is 20.3.